The minimum Gasteiger partial charge on any atom is -0.326 e. The molecule has 2 heterocycles. The molecule has 0 aliphatic heterocycles. The lowest BCUT2D eigenvalue weighted by atomic mass is 10.1. The molecule has 0 aliphatic carbocycles. The fourth-order valence-corrected chi connectivity index (χ4v) is 3.44. The lowest BCUT2D eigenvalue weighted by Crippen LogP contribution is -2.27. The van der Waals surface area contributed by atoms with Gasteiger partial charge in [0.1, 0.15) is 5.52 Å². The third kappa shape index (κ3) is 1.85. The van der Waals surface area contributed by atoms with E-state index in [2.05, 4.69) is 0 Å². The molecule has 4 rings (SSSR count). The van der Waals surface area contributed by atoms with Gasteiger partial charge in [-0.25, -0.2) is 0 Å². The van der Waals surface area contributed by atoms with E-state index < -0.39 is 0 Å². The standard InChI is InChI=1S/C18H14ClN3O2/c1-21-13-4-2-3-5-14(13)22-15-8-10(19)6-7-11(15)17(23)12(9-20)16(22)18(21)24/h2-8H,9,20H2,1H3. The van der Waals surface area contributed by atoms with Crippen molar-refractivity contribution in [3.63, 3.8) is 0 Å². The highest BCUT2D eigenvalue weighted by molar-refractivity contribution is 6.31. The molecule has 24 heavy (non-hydrogen) atoms. The van der Waals surface area contributed by atoms with E-state index in [9.17, 15) is 9.59 Å². The fourth-order valence-electron chi connectivity index (χ4n) is 3.28. The Kier molecular flexibility index (Phi) is 3.23. The zero-order valence-electron chi connectivity index (χ0n) is 12.9. The first-order valence-corrected chi connectivity index (χ1v) is 7.87. The molecule has 0 radical (unpaired) electrons. The molecule has 0 aliphatic rings. The second kappa shape index (κ2) is 5.19. The van der Waals surface area contributed by atoms with Crippen LogP contribution in [0, 0.1) is 0 Å². The monoisotopic (exact) mass is 339 g/mol. The van der Waals surface area contributed by atoms with Crippen LogP contribution in [-0.2, 0) is 13.6 Å². The molecule has 6 heteroatoms. The Morgan fingerprint density at radius 2 is 1.75 bits per heavy atom. The number of nitrogens with zero attached hydrogens (tertiary/aromatic N) is 2. The van der Waals surface area contributed by atoms with Crippen molar-refractivity contribution >= 4 is 39.1 Å². The summed E-state index contributed by atoms with van der Waals surface area (Å²) in [5.74, 6) is 0. The van der Waals surface area contributed by atoms with Crippen molar-refractivity contribution in [1.82, 2.24) is 8.97 Å². The van der Waals surface area contributed by atoms with Crippen LogP contribution in [0.2, 0.25) is 5.02 Å². The van der Waals surface area contributed by atoms with Gasteiger partial charge in [0.15, 0.2) is 5.43 Å². The predicted molar refractivity (Wildman–Crippen MR) is 96.8 cm³/mol. The molecule has 0 saturated carbocycles. The second-order valence-corrected chi connectivity index (χ2v) is 6.15. The van der Waals surface area contributed by atoms with Crippen LogP contribution in [0.5, 0.6) is 0 Å². The maximum absolute atomic E-state index is 12.9. The molecule has 2 aromatic carbocycles. The largest absolute Gasteiger partial charge is 0.326 e. The van der Waals surface area contributed by atoms with Crippen molar-refractivity contribution in [3.8, 4) is 0 Å². The van der Waals surface area contributed by atoms with Gasteiger partial charge in [-0.15, -0.1) is 0 Å². The van der Waals surface area contributed by atoms with Crippen molar-refractivity contribution in [1.29, 1.82) is 0 Å². The molecular formula is C18H14ClN3O2. The average Bonchev–Trinajstić information content (AvgIpc) is 2.59. The van der Waals surface area contributed by atoms with Crippen LogP contribution in [0.15, 0.2) is 52.1 Å². The Labute approximate surface area is 141 Å². The Bertz CT molecular complexity index is 1250. The van der Waals surface area contributed by atoms with Gasteiger partial charge in [0.2, 0.25) is 0 Å². The average molecular weight is 340 g/mol. The molecule has 0 unspecified atom stereocenters. The summed E-state index contributed by atoms with van der Waals surface area (Å²) in [6, 6.07) is 12.6. The maximum Gasteiger partial charge on any atom is 0.275 e. The first-order chi connectivity index (χ1) is 11.5. The van der Waals surface area contributed by atoms with Crippen LogP contribution >= 0.6 is 11.6 Å². The van der Waals surface area contributed by atoms with Gasteiger partial charge in [0.05, 0.1) is 16.6 Å². The third-order valence-electron chi connectivity index (χ3n) is 4.42. The van der Waals surface area contributed by atoms with E-state index in [0.717, 1.165) is 11.0 Å². The minimum absolute atomic E-state index is 0.00548. The smallest absolute Gasteiger partial charge is 0.275 e. The lowest BCUT2D eigenvalue weighted by molar-refractivity contribution is 0.893. The van der Waals surface area contributed by atoms with Crippen molar-refractivity contribution in [2.45, 2.75) is 6.54 Å². The van der Waals surface area contributed by atoms with Gasteiger partial charge in [0, 0.05) is 29.6 Å². The summed E-state index contributed by atoms with van der Waals surface area (Å²) in [6.07, 6.45) is 0. The van der Waals surface area contributed by atoms with Gasteiger partial charge >= 0.3 is 0 Å². The summed E-state index contributed by atoms with van der Waals surface area (Å²) in [7, 11) is 1.69. The van der Waals surface area contributed by atoms with Gasteiger partial charge in [-0.3, -0.25) is 9.59 Å². The SMILES string of the molecule is Cn1c(=O)c2c(CN)c(=O)c3ccc(Cl)cc3n2c2ccccc21. The summed E-state index contributed by atoms with van der Waals surface area (Å²) in [5, 5.41) is 0.997. The van der Waals surface area contributed by atoms with E-state index >= 15 is 0 Å². The molecule has 0 spiro atoms. The van der Waals surface area contributed by atoms with Crippen LogP contribution in [0.1, 0.15) is 5.56 Å². The van der Waals surface area contributed by atoms with Crippen LogP contribution < -0.4 is 16.7 Å². The Morgan fingerprint density at radius 1 is 1.04 bits per heavy atom. The zero-order valence-corrected chi connectivity index (χ0v) is 13.7. The van der Waals surface area contributed by atoms with Gasteiger partial charge < -0.3 is 14.7 Å². The number of rotatable bonds is 1. The number of fused-ring (bicyclic) bond motifs is 5. The number of aryl methyl sites for hydroxylation is 1. The number of hydrogen-bond donors (Lipinski definition) is 1. The summed E-state index contributed by atoms with van der Waals surface area (Å²) in [4.78, 5) is 25.7. The minimum atomic E-state index is -0.256. The summed E-state index contributed by atoms with van der Waals surface area (Å²) >= 11 is 6.14. The molecular weight excluding hydrogens is 326 g/mol. The van der Waals surface area contributed by atoms with Crippen molar-refractivity contribution in [2.24, 2.45) is 12.8 Å². The Hall–Kier alpha value is -2.63. The fraction of sp³-hybridized carbons (Fsp3) is 0.111. The van der Waals surface area contributed by atoms with Crippen molar-refractivity contribution < 1.29 is 0 Å². The highest BCUT2D eigenvalue weighted by Gasteiger charge is 2.17. The summed E-state index contributed by atoms with van der Waals surface area (Å²) in [5.41, 5.74) is 8.14. The molecule has 0 bridgehead atoms. The molecule has 0 saturated heterocycles. The van der Waals surface area contributed by atoms with E-state index in [1.165, 1.54) is 0 Å². The van der Waals surface area contributed by atoms with Gasteiger partial charge in [-0.05, 0) is 30.3 Å². The first kappa shape index (κ1) is 14.9. The molecule has 120 valence electrons. The van der Waals surface area contributed by atoms with Gasteiger partial charge in [0.25, 0.3) is 5.56 Å². The van der Waals surface area contributed by atoms with Gasteiger partial charge in [-0.2, -0.15) is 0 Å². The van der Waals surface area contributed by atoms with Crippen LogP contribution in [-0.4, -0.2) is 8.97 Å². The first-order valence-electron chi connectivity index (χ1n) is 7.49. The number of aromatic nitrogens is 2. The highest BCUT2D eigenvalue weighted by atomic mass is 35.5. The van der Waals surface area contributed by atoms with Gasteiger partial charge in [-0.1, -0.05) is 23.7 Å². The normalized spacial score (nSPS) is 11.6. The Morgan fingerprint density at radius 3 is 2.46 bits per heavy atom. The second-order valence-electron chi connectivity index (χ2n) is 5.71. The number of nitrogens with two attached hydrogens (primary N) is 1. The van der Waals surface area contributed by atoms with Crippen LogP contribution in [0.4, 0.5) is 0 Å². The zero-order chi connectivity index (χ0) is 17.0. The van der Waals surface area contributed by atoms with E-state index in [0.29, 0.717) is 27.0 Å². The molecule has 2 N–H and O–H groups in total. The predicted octanol–water partition coefficient (Wildman–Crippen LogP) is 2.42. The number of para-hydroxylation sites is 2. The molecule has 5 nitrogen and oxygen atoms in total. The van der Waals surface area contributed by atoms with Crippen LogP contribution in [0.25, 0.3) is 27.5 Å². The molecule has 0 fully saturated rings. The van der Waals surface area contributed by atoms with E-state index in [-0.39, 0.29) is 17.5 Å². The summed E-state index contributed by atoms with van der Waals surface area (Å²) < 4.78 is 3.34. The number of benzene rings is 2. The Balaban J connectivity index is 2.52. The number of pyridine rings is 1. The van der Waals surface area contributed by atoms with Crippen molar-refractivity contribution in [2.75, 3.05) is 0 Å². The molecule has 0 amide bonds. The highest BCUT2D eigenvalue weighted by Crippen LogP contribution is 2.23. The molecule has 2 aromatic heterocycles. The summed E-state index contributed by atoms with van der Waals surface area (Å²) in [6.45, 7) is -0.00548. The number of hydrogen-bond acceptors (Lipinski definition) is 3. The maximum atomic E-state index is 12.9. The number of halogens is 1. The topological polar surface area (TPSA) is 69.5 Å². The quantitative estimate of drug-likeness (QED) is 0.541. The van der Waals surface area contributed by atoms with E-state index in [4.69, 9.17) is 17.3 Å². The van der Waals surface area contributed by atoms with E-state index in [1.54, 1.807) is 34.2 Å². The van der Waals surface area contributed by atoms with Crippen molar-refractivity contribution in [3.05, 3.63) is 73.6 Å². The molecule has 4 aromatic rings. The lowest BCUT2D eigenvalue weighted by Gasteiger charge is -2.15. The van der Waals surface area contributed by atoms with E-state index in [1.807, 2.05) is 24.3 Å². The van der Waals surface area contributed by atoms with Crippen LogP contribution in [0.3, 0.4) is 0 Å². The molecule has 0 atom stereocenters. The third-order valence-corrected chi connectivity index (χ3v) is 4.66.